The van der Waals surface area contributed by atoms with Crippen LogP contribution in [0.15, 0.2) is 42.5 Å². The molecule has 1 N–H and O–H groups in total. The summed E-state index contributed by atoms with van der Waals surface area (Å²) in [6, 6.07) is 9.15. The number of ether oxygens (including phenoxy) is 2. The molecule has 0 heterocycles. The minimum absolute atomic E-state index is 0.0635. The van der Waals surface area contributed by atoms with Crippen LogP contribution in [-0.2, 0) is 11.2 Å². The van der Waals surface area contributed by atoms with Gasteiger partial charge in [-0.15, -0.1) is 13.2 Å². The Balaban J connectivity index is 2.01. The molecule has 2 rings (SSSR count). The van der Waals surface area contributed by atoms with Gasteiger partial charge in [0, 0.05) is 11.3 Å². The molecule has 140 valence electrons. The molecule has 26 heavy (non-hydrogen) atoms. The molecule has 0 saturated heterocycles. The molecule has 1 amide bonds. The molecule has 0 aromatic heterocycles. The van der Waals surface area contributed by atoms with Crippen molar-refractivity contribution < 1.29 is 36.2 Å². The molecule has 9 heteroatoms. The van der Waals surface area contributed by atoms with Gasteiger partial charge in [0.1, 0.15) is 11.5 Å². The minimum Gasteiger partial charge on any atom is -0.434 e. The molecule has 0 unspecified atom stereocenters. The Bertz CT molecular complexity index is 760. The average molecular weight is 375 g/mol. The fraction of sp³-hybridized carbons (Fsp3) is 0.235. The summed E-state index contributed by atoms with van der Waals surface area (Å²) in [5.74, 6) is -0.924. The predicted molar refractivity (Wildman–Crippen MR) is 83.3 cm³/mol. The highest BCUT2D eigenvalue weighted by Crippen LogP contribution is 2.27. The van der Waals surface area contributed by atoms with E-state index in [1.165, 1.54) is 37.3 Å². The van der Waals surface area contributed by atoms with E-state index in [4.69, 9.17) is 0 Å². The van der Waals surface area contributed by atoms with Crippen molar-refractivity contribution in [3.63, 3.8) is 0 Å². The molecule has 0 saturated carbocycles. The van der Waals surface area contributed by atoms with Crippen molar-refractivity contribution in [3.05, 3.63) is 53.6 Å². The van der Waals surface area contributed by atoms with Crippen molar-refractivity contribution in [2.24, 2.45) is 0 Å². The summed E-state index contributed by atoms with van der Waals surface area (Å²) in [7, 11) is 0. The first-order valence-electron chi connectivity index (χ1n) is 7.33. The van der Waals surface area contributed by atoms with Crippen LogP contribution >= 0.6 is 0 Å². The van der Waals surface area contributed by atoms with Crippen molar-refractivity contribution in [1.82, 2.24) is 0 Å². The zero-order chi connectivity index (χ0) is 19.3. The second-order valence-corrected chi connectivity index (χ2v) is 5.22. The number of rotatable bonds is 6. The summed E-state index contributed by atoms with van der Waals surface area (Å²) in [6.45, 7) is -1.48. The Morgan fingerprint density at radius 2 is 1.77 bits per heavy atom. The third-order valence-corrected chi connectivity index (χ3v) is 3.30. The smallest absolute Gasteiger partial charge is 0.434 e. The maximum absolute atomic E-state index is 12.3. The molecular formula is C17H14F5NO3. The molecule has 0 spiro atoms. The molecule has 0 bridgehead atoms. The third-order valence-electron chi connectivity index (χ3n) is 3.30. The lowest BCUT2D eigenvalue weighted by molar-refractivity contribution is -0.274. The van der Waals surface area contributed by atoms with E-state index in [9.17, 15) is 26.7 Å². The topological polar surface area (TPSA) is 47.6 Å². The van der Waals surface area contributed by atoms with Crippen LogP contribution in [0.1, 0.15) is 11.1 Å². The van der Waals surface area contributed by atoms with Crippen LogP contribution in [0.2, 0.25) is 0 Å². The van der Waals surface area contributed by atoms with Crippen molar-refractivity contribution in [2.75, 3.05) is 5.32 Å². The molecule has 0 aliphatic heterocycles. The highest BCUT2D eigenvalue weighted by atomic mass is 19.4. The SMILES string of the molecule is Cc1c(NC(=O)Cc2ccc(OC(F)(F)F)cc2)cccc1OC(F)F. The molecule has 0 radical (unpaired) electrons. The van der Waals surface area contributed by atoms with Crippen LogP contribution in [0.5, 0.6) is 11.5 Å². The van der Waals surface area contributed by atoms with E-state index < -0.39 is 24.6 Å². The molecule has 0 aliphatic carbocycles. The first-order chi connectivity index (χ1) is 12.1. The fourth-order valence-corrected chi connectivity index (χ4v) is 2.16. The molecular weight excluding hydrogens is 361 g/mol. The second kappa shape index (κ2) is 8.03. The number of benzene rings is 2. The Hall–Kier alpha value is -2.84. The summed E-state index contributed by atoms with van der Waals surface area (Å²) in [5, 5.41) is 2.55. The number of halogens is 5. The van der Waals surface area contributed by atoms with E-state index in [0.717, 1.165) is 12.1 Å². The van der Waals surface area contributed by atoms with E-state index in [2.05, 4.69) is 14.8 Å². The standard InChI is InChI=1S/C17H14F5NO3/c1-10-13(3-2-4-14(10)25-16(18)19)23-15(24)9-11-5-7-12(8-6-11)26-17(20,21)22/h2-8,16H,9H2,1H3,(H,23,24). The lowest BCUT2D eigenvalue weighted by Crippen LogP contribution is -2.17. The van der Waals surface area contributed by atoms with Crippen molar-refractivity contribution in [1.29, 1.82) is 0 Å². The van der Waals surface area contributed by atoms with Gasteiger partial charge in [0.25, 0.3) is 0 Å². The molecule has 0 aliphatic rings. The van der Waals surface area contributed by atoms with E-state index in [1.54, 1.807) is 0 Å². The molecule has 4 nitrogen and oxygen atoms in total. The van der Waals surface area contributed by atoms with E-state index in [1.807, 2.05) is 0 Å². The molecule has 0 atom stereocenters. The number of alkyl halides is 5. The van der Waals surface area contributed by atoms with Gasteiger partial charge >= 0.3 is 13.0 Å². The Morgan fingerprint density at radius 3 is 2.35 bits per heavy atom. The Labute approximate surface area is 145 Å². The van der Waals surface area contributed by atoms with Crippen molar-refractivity contribution >= 4 is 11.6 Å². The van der Waals surface area contributed by atoms with Gasteiger partial charge in [-0.2, -0.15) is 8.78 Å². The number of anilines is 1. The number of hydrogen-bond donors (Lipinski definition) is 1. The Morgan fingerprint density at radius 1 is 1.12 bits per heavy atom. The number of amides is 1. The summed E-state index contributed by atoms with van der Waals surface area (Å²) in [4.78, 5) is 12.1. The molecule has 2 aromatic carbocycles. The van der Waals surface area contributed by atoms with Crippen LogP contribution < -0.4 is 14.8 Å². The third kappa shape index (κ3) is 5.91. The normalized spacial score (nSPS) is 11.3. The monoisotopic (exact) mass is 375 g/mol. The molecule has 2 aromatic rings. The first-order valence-corrected chi connectivity index (χ1v) is 7.33. The second-order valence-electron chi connectivity index (χ2n) is 5.22. The Kier molecular flexibility index (Phi) is 6.01. The van der Waals surface area contributed by atoms with Crippen LogP contribution in [-0.4, -0.2) is 18.9 Å². The average Bonchev–Trinajstić information content (AvgIpc) is 2.51. The maximum Gasteiger partial charge on any atom is 0.573 e. The number of nitrogens with one attached hydrogen (secondary N) is 1. The molecule has 0 fully saturated rings. The van der Waals surface area contributed by atoms with Gasteiger partial charge in [-0.25, -0.2) is 0 Å². The zero-order valence-electron chi connectivity index (χ0n) is 13.4. The summed E-state index contributed by atoms with van der Waals surface area (Å²) in [6.07, 6.45) is -4.91. The van der Waals surface area contributed by atoms with Crippen molar-refractivity contribution in [3.8, 4) is 11.5 Å². The summed E-state index contributed by atoms with van der Waals surface area (Å²) in [5.41, 5.74) is 1.08. The highest BCUT2D eigenvalue weighted by Gasteiger charge is 2.30. The summed E-state index contributed by atoms with van der Waals surface area (Å²) >= 11 is 0. The quantitative estimate of drug-likeness (QED) is 0.746. The van der Waals surface area contributed by atoms with Crippen molar-refractivity contribution in [2.45, 2.75) is 26.3 Å². The zero-order valence-corrected chi connectivity index (χ0v) is 13.4. The number of hydrogen-bond acceptors (Lipinski definition) is 3. The van der Waals surface area contributed by atoms with E-state index in [-0.39, 0.29) is 12.2 Å². The van der Waals surface area contributed by atoms with Gasteiger partial charge in [-0.05, 0) is 36.8 Å². The van der Waals surface area contributed by atoms with E-state index in [0.29, 0.717) is 16.8 Å². The number of carbonyl (C=O) groups is 1. The van der Waals surface area contributed by atoms with Gasteiger partial charge in [0.05, 0.1) is 6.42 Å². The number of carbonyl (C=O) groups excluding carboxylic acids is 1. The van der Waals surface area contributed by atoms with Gasteiger partial charge < -0.3 is 14.8 Å². The predicted octanol–water partition coefficient (Wildman–Crippen LogP) is 4.68. The largest absolute Gasteiger partial charge is 0.573 e. The minimum atomic E-state index is -4.79. The van der Waals surface area contributed by atoms with Crippen LogP contribution in [0.3, 0.4) is 0 Å². The van der Waals surface area contributed by atoms with Gasteiger partial charge in [0.15, 0.2) is 0 Å². The maximum atomic E-state index is 12.3. The van der Waals surface area contributed by atoms with E-state index >= 15 is 0 Å². The van der Waals surface area contributed by atoms with Gasteiger partial charge in [0.2, 0.25) is 5.91 Å². The van der Waals surface area contributed by atoms with Crippen LogP contribution in [0, 0.1) is 6.92 Å². The van der Waals surface area contributed by atoms with Gasteiger partial charge in [-0.3, -0.25) is 4.79 Å². The van der Waals surface area contributed by atoms with Crippen LogP contribution in [0.25, 0.3) is 0 Å². The fourth-order valence-electron chi connectivity index (χ4n) is 2.16. The highest BCUT2D eigenvalue weighted by molar-refractivity contribution is 5.93. The lowest BCUT2D eigenvalue weighted by Gasteiger charge is -2.13. The first kappa shape index (κ1) is 19.5. The van der Waals surface area contributed by atoms with Crippen LogP contribution in [0.4, 0.5) is 27.6 Å². The van der Waals surface area contributed by atoms with Gasteiger partial charge in [-0.1, -0.05) is 18.2 Å². The summed E-state index contributed by atoms with van der Waals surface area (Å²) < 4.78 is 69.0. The lowest BCUT2D eigenvalue weighted by atomic mass is 10.1.